The fourth-order valence-electron chi connectivity index (χ4n) is 2.34. The monoisotopic (exact) mass is 288 g/mol. The molecule has 1 atom stereocenters. The van der Waals surface area contributed by atoms with Gasteiger partial charge in [0.25, 0.3) is 0 Å². The Morgan fingerprint density at radius 2 is 2.06 bits per heavy atom. The average Bonchev–Trinajstić information content (AvgIpc) is 2.23. The summed E-state index contributed by atoms with van der Waals surface area (Å²) in [6, 6.07) is 4.47. The molecule has 0 radical (unpaired) electrons. The van der Waals surface area contributed by atoms with Crippen molar-refractivity contribution >= 4 is 27.4 Å². The van der Waals surface area contributed by atoms with Crippen molar-refractivity contribution in [3.8, 4) is 0 Å². The zero-order chi connectivity index (χ0) is 13.7. The summed E-state index contributed by atoms with van der Waals surface area (Å²) in [6.45, 7) is 3.65. The Kier molecular flexibility index (Phi) is 2.94. The molecule has 98 valence electrons. The minimum Gasteiger partial charge on any atom is -0.480 e. The van der Waals surface area contributed by atoms with Crippen LogP contribution >= 0.6 is 11.6 Å². The third-order valence-corrected chi connectivity index (χ3v) is 5.64. The van der Waals surface area contributed by atoms with Crippen molar-refractivity contribution in [2.75, 3.05) is 0 Å². The van der Waals surface area contributed by atoms with Crippen molar-refractivity contribution < 1.29 is 18.3 Å². The highest BCUT2D eigenvalue weighted by Crippen LogP contribution is 2.42. The number of carboxylic acids is 1. The maximum Gasteiger partial charge on any atom is 0.322 e. The topological polar surface area (TPSA) is 71.4 Å². The summed E-state index contributed by atoms with van der Waals surface area (Å²) >= 11 is 5.88. The van der Waals surface area contributed by atoms with Crippen LogP contribution in [0.4, 0.5) is 0 Å². The van der Waals surface area contributed by atoms with Crippen molar-refractivity contribution in [3.05, 3.63) is 28.8 Å². The van der Waals surface area contributed by atoms with E-state index in [1.54, 1.807) is 6.07 Å². The molecule has 0 aliphatic carbocycles. The van der Waals surface area contributed by atoms with Crippen LogP contribution in [0.5, 0.6) is 0 Å². The second kappa shape index (κ2) is 3.96. The van der Waals surface area contributed by atoms with Crippen LogP contribution < -0.4 is 0 Å². The summed E-state index contributed by atoms with van der Waals surface area (Å²) < 4.78 is 24.4. The molecule has 0 bridgehead atoms. The van der Waals surface area contributed by atoms with Gasteiger partial charge in [0.05, 0.1) is 4.90 Å². The minimum absolute atomic E-state index is 0.0536. The predicted molar refractivity (Wildman–Crippen MR) is 67.7 cm³/mol. The molecule has 0 amide bonds. The summed E-state index contributed by atoms with van der Waals surface area (Å²) in [5, 5.41) is 8.14. The van der Waals surface area contributed by atoms with E-state index in [1.165, 1.54) is 12.1 Å². The van der Waals surface area contributed by atoms with E-state index in [0.29, 0.717) is 10.6 Å². The van der Waals surface area contributed by atoms with Crippen molar-refractivity contribution in [2.45, 2.75) is 35.8 Å². The Hall–Kier alpha value is -1.07. The fourth-order valence-corrected chi connectivity index (χ4v) is 4.62. The number of halogens is 1. The van der Waals surface area contributed by atoms with Crippen LogP contribution in [-0.4, -0.2) is 24.7 Å². The second-order valence-corrected chi connectivity index (χ2v) is 7.64. The van der Waals surface area contributed by atoms with E-state index >= 15 is 0 Å². The fraction of sp³-hybridized carbons (Fsp3) is 0.417. The van der Waals surface area contributed by atoms with Crippen LogP contribution in [0, 0.1) is 0 Å². The van der Waals surface area contributed by atoms with Gasteiger partial charge in [0.15, 0.2) is 15.1 Å². The van der Waals surface area contributed by atoms with Gasteiger partial charge < -0.3 is 5.11 Å². The van der Waals surface area contributed by atoms with Gasteiger partial charge in [-0.1, -0.05) is 25.4 Å². The third-order valence-electron chi connectivity index (χ3n) is 3.32. The van der Waals surface area contributed by atoms with E-state index in [0.717, 1.165) is 0 Å². The van der Waals surface area contributed by atoms with Gasteiger partial charge in [-0.2, -0.15) is 0 Å². The Morgan fingerprint density at radius 1 is 1.44 bits per heavy atom. The summed E-state index contributed by atoms with van der Waals surface area (Å²) in [7, 11) is -3.83. The van der Waals surface area contributed by atoms with E-state index < -0.39 is 26.5 Å². The number of hydrogen-bond donors (Lipinski definition) is 1. The lowest BCUT2D eigenvalue weighted by molar-refractivity contribution is -0.137. The van der Waals surface area contributed by atoms with Crippen molar-refractivity contribution in [3.63, 3.8) is 0 Å². The molecule has 0 fully saturated rings. The van der Waals surface area contributed by atoms with Gasteiger partial charge >= 0.3 is 5.97 Å². The average molecular weight is 289 g/mol. The van der Waals surface area contributed by atoms with Crippen molar-refractivity contribution in [2.24, 2.45) is 0 Å². The lowest BCUT2D eigenvalue weighted by Crippen LogP contribution is -2.42. The van der Waals surface area contributed by atoms with E-state index in [9.17, 15) is 13.2 Å². The molecule has 1 heterocycles. The molecule has 1 aromatic rings. The molecule has 1 aliphatic rings. The van der Waals surface area contributed by atoms with E-state index in [4.69, 9.17) is 16.7 Å². The van der Waals surface area contributed by atoms with E-state index in [1.807, 2.05) is 13.8 Å². The maximum atomic E-state index is 12.2. The molecule has 0 spiro atoms. The number of hydrogen-bond acceptors (Lipinski definition) is 3. The molecular formula is C12H13ClO4S. The zero-order valence-electron chi connectivity index (χ0n) is 9.97. The molecule has 2 rings (SSSR count). The summed E-state index contributed by atoms with van der Waals surface area (Å²) in [4.78, 5) is 11.2. The molecule has 1 unspecified atom stereocenters. The highest BCUT2D eigenvalue weighted by molar-refractivity contribution is 7.93. The number of benzene rings is 1. The van der Waals surface area contributed by atoms with Crippen LogP contribution in [0.1, 0.15) is 25.8 Å². The maximum absolute atomic E-state index is 12.2. The van der Waals surface area contributed by atoms with Gasteiger partial charge in [-0.25, -0.2) is 8.42 Å². The Morgan fingerprint density at radius 3 is 2.61 bits per heavy atom. The largest absolute Gasteiger partial charge is 0.480 e. The van der Waals surface area contributed by atoms with Gasteiger partial charge in [0.1, 0.15) is 0 Å². The zero-order valence-corrected chi connectivity index (χ0v) is 11.5. The van der Waals surface area contributed by atoms with Crippen LogP contribution in [0.25, 0.3) is 0 Å². The first kappa shape index (κ1) is 13.4. The van der Waals surface area contributed by atoms with Crippen molar-refractivity contribution in [1.82, 2.24) is 0 Å². The lowest BCUT2D eigenvalue weighted by atomic mass is 9.80. The first-order valence-electron chi connectivity index (χ1n) is 5.43. The molecular weight excluding hydrogens is 276 g/mol. The molecule has 1 aromatic carbocycles. The van der Waals surface area contributed by atoms with Crippen LogP contribution in [0.3, 0.4) is 0 Å². The first-order valence-corrected chi connectivity index (χ1v) is 7.35. The number of rotatable bonds is 1. The molecule has 0 saturated carbocycles. The second-order valence-electron chi connectivity index (χ2n) is 5.10. The van der Waals surface area contributed by atoms with Gasteiger partial charge in [0.2, 0.25) is 0 Å². The molecule has 18 heavy (non-hydrogen) atoms. The van der Waals surface area contributed by atoms with E-state index in [-0.39, 0.29) is 11.3 Å². The molecule has 6 heteroatoms. The van der Waals surface area contributed by atoms with Gasteiger partial charge in [0, 0.05) is 5.02 Å². The van der Waals surface area contributed by atoms with Crippen LogP contribution in [0.2, 0.25) is 5.02 Å². The first-order chi connectivity index (χ1) is 8.16. The molecule has 0 aromatic heterocycles. The summed E-state index contributed by atoms with van der Waals surface area (Å²) in [6.07, 6.45) is 0.0536. The van der Waals surface area contributed by atoms with E-state index in [2.05, 4.69) is 0 Å². The Labute approximate surface area is 110 Å². The molecule has 1 aliphatic heterocycles. The molecule has 0 saturated heterocycles. The normalized spacial score (nSPS) is 24.3. The smallest absolute Gasteiger partial charge is 0.322 e. The Bertz CT molecular complexity index is 619. The SMILES string of the molecule is CC1(C)CC(C(=O)O)S(=O)(=O)c2ccc(Cl)cc21. The summed E-state index contributed by atoms with van der Waals surface area (Å²) in [5.41, 5.74) is 0.0572. The number of fused-ring (bicyclic) bond motifs is 1. The number of carboxylic acid groups (broad SMARTS) is 1. The van der Waals surface area contributed by atoms with Gasteiger partial charge in [-0.15, -0.1) is 0 Å². The number of aliphatic carboxylic acids is 1. The van der Waals surface area contributed by atoms with Crippen molar-refractivity contribution in [1.29, 1.82) is 0 Å². The lowest BCUT2D eigenvalue weighted by Gasteiger charge is -2.35. The van der Waals surface area contributed by atoms with Gasteiger partial charge in [-0.05, 0) is 35.6 Å². The highest BCUT2D eigenvalue weighted by Gasteiger charge is 2.46. The summed E-state index contributed by atoms with van der Waals surface area (Å²) in [5.74, 6) is -1.30. The predicted octanol–water partition coefficient (Wildman–Crippen LogP) is 2.25. The minimum atomic E-state index is -3.83. The quantitative estimate of drug-likeness (QED) is 0.860. The standard InChI is InChI=1S/C12H13ClO4S/c1-12(2)6-10(11(14)15)18(16,17)9-4-3-7(13)5-8(9)12/h3-5,10H,6H2,1-2H3,(H,14,15). The van der Waals surface area contributed by atoms with Gasteiger partial charge in [-0.3, -0.25) is 4.79 Å². The number of carbonyl (C=O) groups is 1. The van der Waals surface area contributed by atoms with Crippen LogP contribution in [0.15, 0.2) is 23.1 Å². The molecule has 1 N–H and O–H groups in total. The van der Waals surface area contributed by atoms with Crippen LogP contribution in [-0.2, 0) is 20.0 Å². The third kappa shape index (κ3) is 1.91. The molecule has 4 nitrogen and oxygen atoms in total. The number of sulfone groups is 1. The Balaban J connectivity index is 2.76. The highest BCUT2D eigenvalue weighted by atomic mass is 35.5.